The Morgan fingerprint density at radius 3 is 2.50 bits per heavy atom. The summed E-state index contributed by atoms with van der Waals surface area (Å²) in [7, 11) is -0.638. The molecule has 2 heterocycles. The molecule has 0 aliphatic carbocycles. The molecule has 2 fully saturated rings. The predicted octanol–water partition coefficient (Wildman–Crippen LogP) is 1.22. The van der Waals surface area contributed by atoms with Gasteiger partial charge < -0.3 is 19.9 Å². The summed E-state index contributed by atoms with van der Waals surface area (Å²) in [5.41, 5.74) is -0.355. The fourth-order valence-corrected chi connectivity index (χ4v) is 2.88. The lowest BCUT2D eigenvalue weighted by molar-refractivity contribution is 0.00578. The van der Waals surface area contributed by atoms with Crippen LogP contribution >= 0.6 is 0 Å². The average Bonchev–Trinajstić information content (AvgIpc) is 3.05. The van der Waals surface area contributed by atoms with Crippen LogP contribution in [0.15, 0.2) is 18.2 Å². The van der Waals surface area contributed by atoms with E-state index < -0.39 is 24.1 Å². The molecule has 2 aliphatic heterocycles. The van der Waals surface area contributed by atoms with Crippen LogP contribution < -0.4 is 16.1 Å². The molecule has 1 aromatic rings. The zero-order valence-corrected chi connectivity index (χ0v) is 14.6. The Balaban J connectivity index is 1.74. The molecule has 3 rings (SSSR count). The van der Waals surface area contributed by atoms with Crippen LogP contribution in [-0.2, 0) is 9.31 Å². The third kappa shape index (κ3) is 3.20. The summed E-state index contributed by atoms with van der Waals surface area (Å²) >= 11 is 0. The standard InChI is InChI=1S/C17H24BFN2O3/c1-16(2)17(3,4)24-18(23-16)11-5-6-13(14(19)9-11)15(22)21-12-7-8-20-10-12/h5-6,9,12,20H,7-8,10H2,1-4H3,(H,21,22)/t12-/m0/s1. The van der Waals surface area contributed by atoms with E-state index in [1.54, 1.807) is 6.07 Å². The first kappa shape index (κ1) is 17.4. The fourth-order valence-electron chi connectivity index (χ4n) is 2.88. The van der Waals surface area contributed by atoms with E-state index in [9.17, 15) is 9.18 Å². The maximum absolute atomic E-state index is 14.4. The van der Waals surface area contributed by atoms with Crippen LogP contribution in [0.25, 0.3) is 0 Å². The van der Waals surface area contributed by atoms with Crippen LogP contribution in [0, 0.1) is 5.82 Å². The van der Waals surface area contributed by atoms with E-state index in [0.717, 1.165) is 19.5 Å². The number of carbonyl (C=O) groups is 1. The minimum atomic E-state index is -0.638. The highest BCUT2D eigenvalue weighted by atomic mass is 19.1. The highest BCUT2D eigenvalue weighted by Crippen LogP contribution is 2.36. The Hall–Kier alpha value is -1.44. The molecule has 0 unspecified atom stereocenters. The van der Waals surface area contributed by atoms with E-state index in [2.05, 4.69) is 10.6 Å². The zero-order valence-electron chi connectivity index (χ0n) is 14.6. The summed E-state index contributed by atoms with van der Waals surface area (Å²) in [6, 6.07) is 4.56. The van der Waals surface area contributed by atoms with E-state index in [4.69, 9.17) is 9.31 Å². The molecule has 1 amide bonds. The minimum absolute atomic E-state index is 0.0437. The predicted molar refractivity (Wildman–Crippen MR) is 90.9 cm³/mol. The molecule has 1 atom stereocenters. The van der Waals surface area contributed by atoms with Crippen molar-refractivity contribution in [1.29, 1.82) is 0 Å². The van der Waals surface area contributed by atoms with Gasteiger partial charge in [0.2, 0.25) is 0 Å². The van der Waals surface area contributed by atoms with Gasteiger partial charge in [-0.3, -0.25) is 4.79 Å². The van der Waals surface area contributed by atoms with E-state index in [1.165, 1.54) is 12.1 Å². The number of carbonyl (C=O) groups excluding carboxylic acids is 1. The van der Waals surface area contributed by atoms with Gasteiger partial charge in [-0.1, -0.05) is 6.07 Å². The number of benzene rings is 1. The highest BCUT2D eigenvalue weighted by Gasteiger charge is 2.51. The molecule has 1 aromatic carbocycles. The second-order valence-electron chi connectivity index (χ2n) is 7.49. The Morgan fingerprint density at radius 1 is 1.29 bits per heavy atom. The molecule has 2 saturated heterocycles. The van der Waals surface area contributed by atoms with Gasteiger partial charge in [-0.05, 0) is 58.3 Å². The molecular weight excluding hydrogens is 310 g/mol. The molecule has 0 radical (unpaired) electrons. The second kappa shape index (κ2) is 6.13. The summed E-state index contributed by atoms with van der Waals surface area (Å²) in [5.74, 6) is -0.952. The molecule has 24 heavy (non-hydrogen) atoms. The zero-order chi connectivity index (χ0) is 17.5. The van der Waals surface area contributed by atoms with Gasteiger partial charge in [-0.2, -0.15) is 0 Å². The molecule has 0 spiro atoms. The Kier molecular flexibility index (Phi) is 4.44. The molecule has 7 heteroatoms. The highest BCUT2D eigenvalue weighted by molar-refractivity contribution is 6.62. The van der Waals surface area contributed by atoms with Crippen molar-refractivity contribution in [2.24, 2.45) is 0 Å². The van der Waals surface area contributed by atoms with Crippen molar-refractivity contribution in [1.82, 2.24) is 10.6 Å². The van der Waals surface area contributed by atoms with Crippen molar-refractivity contribution in [3.63, 3.8) is 0 Å². The topological polar surface area (TPSA) is 59.6 Å². The molecule has 130 valence electrons. The summed E-state index contributed by atoms with van der Waals surface area (Å²) in [6.45, 7) is 9.37. The van der Waals surface area contributed by atoms with Crippen LogP contribution in [-0.4, -0.2) is 43.4 Å². The van der Waals surface area contributed by atoms with Gasteiger partial charge in [0.15, 0.2) is 0 Å². The first-order valence-corrected chi connectivity index (χ1v) is 8.36. The fraction of sp³-hybridized carbons (Fsp3) is 0.588. The smallest absolute Gasteiger partial charge is 0.399 e. The Morgan fingerprint density at radius 2 is 1.96 bits per heavy atom. The molecule has 5 nitrogen and oxygen atoms in total. The lowest BCUT2D eigenvalue weighted by atomic mass is 9.78. The number of amides is 1. The van der Waals surface area contributed by atoms with Crippen LogP contribution in [0.4, 0.5) is 4.39 Å². The van der Waals surface area contributed by atoms with E-state index in [1.807, 2.05) is 27.7 Å². The Bertz CT molecular complexity index is 629. The number of hydrogen-bond acceptors (Lipinski definition) is 4. The van der Waals surface area contributed by atoms with Crippen molar-refractivity contribution in [2.75, 3.05) is 13.1 Å². The first-order chi connectivity index (χ1) is 11.2. The molecule has 2 N–H and O–H groups in total. The number of hydrogen-bond donors (Lipinski definition) is 2. The summed E-state index contributed by atoms with van der Waals surface area (Å²) < 4.78 is 26.3. The second-order valence-corrected chi connectivity index (χ2v) is 7.49. The van der Waals surface area contributed by atoms with Crippen LogP contribution in [0.3, 0.4) is 0 Å². The van der Waals surface area contributed by atoms with Crippen LogP contribution in [0.1, 0.15) is 44.5 Å². The third-order valence-corrected chi connectivity index (χ3v) is 5.16. The van der Waals surface area contributed by atoms with Crippen molar-refractivity contribution in [2.45, 2.75) is 51.4 Å². The molecule has 0 bridgehead atoms. The number of nitrogens with one attached hydrogen (secondary N) is 2. The van der Waals surface area contributed by atoms with Crippen molar-refractivity contribution in [3.05, 3.63) is 29.6 Å². The average molecular weight is 334 g/mol. The number of halogens is 1. The van der Waals surface area contributed by atoms with Gasteiger partial charge >= 0.3 is 7.12 Å². The normalized spacial score (nSPS) is 25.0. The quantitative estimate of drug-likeness (QED) is 0.816. The van der Waals surface area contributed by atoms with E-state index in [-0.39, 0.29) is 17.5 Å². The van der Waals surface area contributed by atoms with Gasteiger partial charge in [0.25, 0.3) is 5.91 Å². The summed E-state index contributed by atoms with van der Waals surface area (Å²) in [4.78, 5) is 12.2. The molecular formula is C17H24BFN2O3. The third-order valence-electron chi connectivity index (χ3n) is 5.16. The van der Waals surface area contributed by atoms with Crippen molar-refractivity contribution < 1.29 is 18.5 Å². The van der Waals surface area contributed by atoms with Crippen molar-refractivity contribution >= 4 is 18.5 Å². The SMILES string of the molecule is CC1(C)OB(c2ccc(C(=O)N[C@H]3CCNC3)c(F)c2)OC1(C)C. The van der Waals surface area contributed by atoms with Gasteiger partial charge in [0.1, 0.15) is 5.82 Å². The van der Waals surface area contributed by atoms with Gasteiger partial charge in [0.05, 0.1) is 16.8 Å². The van der Waals surface area contributed by atoms with Crippen LogP contribution in [0.5, 0.6) is 0 Å². The summed E-state index contributed by atoms with van der Waals surface area (Å²) in [5, 5.41) is 6.01. The van der Waals surface area contributed by atoms with Crippen LogP contribution in [0.2, 0.25) is 0 Å². The maximum Gasteiger partial charge on any atom is 0.494 e. The van der Waals surface area contributed by atoms with E-state index >= 15 is 0 Å². The van der Waals surface area contributed by atoms with E-state index in [0.29, 0.717) is 5.46 Å². The first-order valence-electron chi connectivity index (χ1n) is 8.36. The largest absolute Gasteiger partial charge is 0.494 e. The maximum atomic E-state index is 14.4. The lowest BCUT2D eigenvalue weighted by Gasteiger charge is -2.32. The molecule has 0 aromatic heterocycles. The van der Waals surface area contributed by atoms with Gasteiger partial charge in [-0.25, -0.2) is 4.39 Å². The number of rotatable bonds is 3. The lowest BCUT2D eigenvalue weighted by Crippen LogP contribution is -2.41. The molecule has 2 aliphatic rings. The molecule has 0 saturated carbocycles. The van der Waals surface area contributed by atoms with Gasteiger partial charge in [-0.15, -0.1) is 0 Å². The Labute approximate surface area is 142 Å². The monoisotopic (exact) mass is 334 g/mol. The van der Waals surface area contributed by atoms with Gasteiger partial charge in [0, 0.05) is 12.6 Å². The summed E-state index contributed by atoms with van der Waals surface area (Å²) in [6.07, 6.45) is 0.860. The minimum Gasteiger partial charge on any atom is -0.399 e. The van der Waals surface area contributed by atoms with Crippen molar-refractivity contribution in [3.8, 4) is 0 Å².